The molecule has 0 spiro atoms. The van der Waals surface area contributed by atoms with E-state index in [1.807, 2.05) is 6.07 Å². The SMILES string of the molecule is CN(Cc1cc(N)n[nH]1)c1cccc2ccccc12. The van der Waals surface area contributed by atoms with Crippen molar-refractivity contribution < 1.29 is 0 Å². The topological polar surface area (TPSA) is 57.9 Å². The van der Waals surface area contributed by atoms with Crippen molar-refractivity contribution in [2.45, 2.75) is 6.54 Å². The van der Waals surface area contributed by atoms with Crippen LogP contribution in [0.1, 0.15) is 5.69 Å². The molecule has 0 bridgehead atoms. The Balaban J connectivity index is 1.95. The second-order valence-electron chi connectivity index (χ2n) is 4.67. The molecule has 0 amide bonds. The molecule has 19 heavy (non-hydrogen) atoms. The zero-order valence-electron chi connectivity index (χ0n) is 10.8. The van der Waals surface area contributed by atoms with Gasteiger partial charge in [-0.05, 0) is 11.5 Å². The number of benzene rings is 2. The van der Waals surface area contributed by atoms with Crippen LogP contribution in [0.25, 0.3) is 10.8 Å². The van der Waals surface area contributed by atoms with Crippen LogP contribution in [-0.2, 0) is 6.54 Å². The third-order valence-corrected chi connectivity index (χ3v) is 3.24. The largest absolute Gasteiger partial charge is 0.382 e. The highest BCUT2D eigenvalue weighted by atomic mass is 15.2. The normalized spacial score (nSPS) is 10.8. The van der Waals surface area contributed by atoms with Crippen LogP contribution in [0.2, 0.25) is 0 Å². The van der Waals surface area contributed by atoms with E-state index >= 15 is 0 Å². The molecule has 3 N–H and O–H groups in total. The van der Waals surface area contributed by atoms with Gasteiger partial charge in [0.25, 0.3) is 0 Å². The van der Waals surface area contributed by atoms with Gasteiger partial charge >= 0.3 is 0 Å². The van der Waals surface area contributed by atoms with Gasteiger partial charge in [-0.25, -0.2) is 0 Å². The van der Waals surface area contributed by atoms with Gasteiger partial charge in [0.2, 0.25) is 0 Å². The summed E-state index contributed by atoms with van der Waals surface area (Å²) in [5.74, 6) is 0.529. The highest BCUT2D eigenvalue weighted by Gasteiger charge is 2.07. The van der Waals surface area contributed by atoms with Crippen molar-refractivity contribution in [3.63, 3.8) is 0 Å². The molecule has 1 heterocycles. The summed E-state index contributed by atoms with van der Waals surface area (Å²) < 4.78 is 0. The van der Waals surface area contributed by atoms with E-state index in [0.717, 1.165) is 12.2 Å². The van der Waals surface area contributed by atoms with Crippen LogP contribution in [-0.4, -0.2) is 17.2 Å². The summed E-state index contributed by atoms with van der Waals surface area (Å²) in [5, 5.41) is 9.39. The van der Waals surface area contributed by atoms with E-state index < -0.39 is 0 Å². The molecule has 0 aliphatic carbocycles. The third-order valence-electron chi connectivity index (χ3n) is 3.24. The van der Waals surface area contributed by atoms with E-state index in [1.165, 1.54) is 16.5 Å². The zero-order chi connectivity index (χ0) is 13.2. The minimum absolute atomic E-state index is 0.529. The van der Waals surface area contributed by atoms with Crippen LogP contribution in [0.3, 0.4) is 0 Å². The average molecular weight is 252 g/mol. The van der Waals surface area contributed by atoms with Gasteiger partial charge in [0, 0.05) is 24.2 Å². The second kappa shape index (κ2) is 4.65. The molecule has 2 aromatic carbocycles. The lowest BCUT2D eigenvalue weighted by molar-refractivity contribution is 0.873. The van der Waals surface area contributed by atoms with Crippen LogP contribution in [0.4, 0.5) is 11.5 Å². The van der Waals surface area contributed by atoms with Crippen molar-refractivity contribution >= 4 is 22.3 Å². The number of nitrogen functional groups attached to an aromatic ring is 1. The summed E-state index contributed by atoms with van der Waals surface area (Å²) >= 11 is 0. The highest BCUT2D eigenvalue weighted by Crippen LogP contribution is 2.26. The maximum atomic E-state index is 5.62. The minimum Gasteiger partial charge on any atom is -0.382 e. The van der Waals surface area contributed by atoms with Crippen LogP contribution < -0.4 is 10.6 Å². The number of nitrogens with one attached hydrogen (secondary N) is 1. The van der Waals surface area contributed by atoms with Crippen LogP contribution in [0.15, 0.2) is 48.5 Å². The van der Waals surface area contributed by atoms with E-state index in [-0.39, 0.29) is 0 Å². The van der Waals surface area contributed by atoms with E-state index in [0.29, 0.717) is 5.82 Å². The van der Waals surface area contributed by atoms with Gasteiger partial charge in [0.15, 0.2) is 0 Å². The van der Waals surface area contributed by atoms with Gasteiger partial charge in [-0.2, -0.15) is 5.10 Å². The van der Waals surface area contributed by atoms with Gasteiger partial charge in [-0.15, -0.1) is 0 Å². The first-order chi connectivity index (χ1) is 9.24. The van der Waals surface area contributed by atoms with Crippen molar-refractivity contribution in [2.75, 3.05) is 17.7 Å². The number of fused-ring (bicyclic) bond motifs is 1. The lowest BCUT2D eigenvalue weighted by atomic mass is 10.1. The Morgan fingerprint density at radius 2 is 1.95 bits per heavy atom. The summed E-state index contributed by atoms with van der Waals surface area (Å²) in [5.41, 5.74) is 7.83. The van der Waals surface area contributed by atoms with Crippen molar-refractivity contribution in [3.8, 4) is 0 Å². The predicted octanol–water partition coefficient (Wildman–Crippen LogP) is 2.78. The molecular weight excluding hydrogens is 236 g/mol. The number of anilines is 2. The van der Waals surface area contributed by atoms with Gasteiger partial charge in [-0.3, -0.25) is 5.10 Å². The molecule has 3 aromatic rings. The van der Waals surface area contributed by atoms with E-state index in [2.05, 4.69) is 64.6 Å². The first-order valence-electron chi connectivity index (χ1n) is 6.23. The van der Waals surface area contributed by atoms with Gasteiger partial charge in [0.1, 0.15) is 5.82 Å². The quantitative estimate of drug-likeness (QED) is 0.753. The fraction of sp³-hybridized carbons (Fsp3) is 0.133. The van der Waals surface area contributed by atoms with Crippen molar-refractivity contribution in [1.29, 1.82) is 0 Å². The number of hydrogen-bond acceptors (Lipinski definition) is 3. The minimum atomic E-state index is 0.529. The molecule has 4 nitrogen and oxygen atoms in total. The summed E-state index contributed by atoms with van der Waals surface area (Å²) in [6, 6.07) is 16.6. The smallest absolute Gasteiger partial charge is 0.145 e. The maximum Gasteiger partial charge on any atom is 0.145 e. The second-order valence-corrected chi connectivity index (χ2v) is 4.67. The highest BCUT2D eigenvalue weighted by molar-refractivity contribution is 5.94. The number of H-pyrrole nitrogens is 1. The molecule has 0 aliphatic rings. The molecule has 0 radical (unpaired) electrons. The average Bonchev–Trinajstić information content (AvgIpc) is 2.83. The van der Waals surface area contributed by atoms with Crippen molar-refractivity contribution in [3.05, 3.63) is 54.2 Å². The Morgan fingerprint density at radius 3 is 2.74 bits per heavy atom. The molecule has 0 aliphatic heterocycles. The molecule has 0 fully saturated rings. The summed E-state index contributed by atoms with van der Waals surface area (Å²) in [4.78, 5) is 2.19. The summed E-state index contributed by atoms with van der Waals surface area (Å²) in [7, 11) is 2.07. The standard InChI is InChI=1S/C15H16N4/c1-19(10-12-9-15(16)18-17-12)14-8-4-6-11-5-2-3-7-13(11)14/h2-9H,10H2,1H3,(H3,16,17,18). The number of nitrogens with two attached hydrogens (primary N) is 1. The number of hydrogen-bond donors (Lipinski definition) is 2. The Labute approximate surface area is 111 Å². The molecule has 3 rings (SSSR count). The molecule has 96 valence electrons. The zero-order valence-corrected chi connectivity index (χ0v) is 10.8. The van der Waals surface area contributed by atoms with Gasteiger partial charge < -0.3 is 10.6 Å². The third kappa shape index (κ3) is 2.25. The van der Waals surface area contributed by atoms with Crippen molar-refractivity contribution in [2.24, 2.45) is 0 Å². The predicted molar refractivity (Wildman–Crippen MR) is 79.1 cm³/mol. The molecule has 0 unspecified atom stereocenters. The van der Waals surface area contributed by atoms with E-state index in [4.69, 9.17) is 5.73 Å². The van der Waals surface area contributed by atoms with Gasteiger partial charge in [0.05, 0.1) is 12.2 Å². The first kappa shape index (κ1) is 11.6. The molecule has 1 aromatic heterocycles. The van der Waals surface area contributed by atoms with Gasteiger partial charge in [-0.1, -0.05) is 36.4 Å². The molecule has 0 saturated heterocycles. The van der Waals surface area contributed by atoms with Crippen LogP contribution >= 0.6 is 0 Å². The summed E-state index contributed by atoms with van der Waals surface area (Å²) in [6.45, 7) is 0.748. The molecule has 0 saturated carbocycles. The van der Waals surface area contributed by atoms with E-state index in [9.17, 15) is 0 Å². The Hall–Kier alpha value is -2.49. The van der Waals surface area contributed by atoms with E-state index in [1.54, 1.807) is 0 Å². The fourth-order valence-electron chi connectivity index (χ4n) is 2.34. The lowest BCUT2D eigenvalue weighted by Crippen LogP contribution is -2.16. The molecular formula is C15H16N4. The molecule has 4 heteroatoms. The maximum absolute atomic E-state index is 5.62. The number of aromatic nitrogens is 2. The Morgan fingerprint density at radius 1 is 1.16 bits per heavy atom. The fourth-order valence-corrected chi connectivity index (χ4v) is 2.34. The van der Waals surface area contributed by atoms with Crippen LogP contribution in [0.5, 0.6) is 0 Å². The number of aromatic amines is 1. The summed E-state index contributed by atoms with van der Waals surface area (Å²) in [6.07, 6.45) is 0. The monoisotopic (exact) mass is 252 g/mol. The van der Waals surface area contributed by atoms with Crippen LogP contribution in [0, 0.1) is 0 Å². The Bertz CT molecular complexity index is 697. The van der Waals surface area contributed by atoms with Crippen molar-refractivity contribution in [1.82, 2.24) is 10.2 Å². The molecule has 0 atom stereocenters. The Kier molecular flexibility index (Phi) is 2.83. The first-order valence-corrected chi connectivity index (χ1v) is 6.23. The lowest BCUT2D eigenvalue weighted by Gasteiger charge is -2.20. The number of rotatable bonds is 3. The number of nitrogens with zero attached hydrogens (tertiary/aromatic N) is 2.